The van der Waals surface area contributed by atoms with Gasteiger partial charge in [-0.05, 0) is 22.9 Å². The Morgan fingerprint density at radius 3 is 2.33 bits per heavy atom. The first-order valence-electron chi connectivity index (χ1n) is 6.76. The lowest BCUT2D eigenvalue weighted by atomic mass is 10.0. The fraction of sp³-hybridized carbons (Fsp3) is 0.250. The van der Waals surface area contributed by atoms with Crippen molar-refractivity contribution < 1.29 is 14.7 Å². The van der Waals surface area contributed by atoms with Gasteiger partial charge in [-0.25, -0.2) is 4.79 Å². The predicted molar refractivity (Wildman–Crippen MR) is 82.7 cm³/mol. The Kier molecular flexibility index (Phi) is 4.55. The Bertz CT molecular complexity index is 680. The molecule has 0 spiro atoms. The van der Waals surface area contributed by atoms with Gasteiger partial charge in [-0.2, -0.15) is 0 Å². The van der Waals surface area contributed by atoms with Crippen LogP contribution in [0, 0.1) is 0 Å². The zero-order chi connectivity index (χ0) is 15.4. The van der Waals surface area contributed by atoms with Crippen molar-refractivity contribution >= 4 is 28.3 Å². The smallest absolute Gasteiger partial charge is 0.337 e. The zero-order valence-corrected chi connectivity index (χ0v) is 12.0. The highest BCUT2D eigenvalue weighted by atomic mass is 16.4. The number of carboxylic acid groups (broad SMARTS) is 1. The maximum absolute atomic E-state index is 11.9. The summed E-state index contributed by atoms with van der Waals surface area (Å²) in [5.41, 5.74) is 0.406. The molecule has 21 heavy (non-hydrogen) atoms. The van der Waals surface area contributed by atoms with Crippen LogP contribution in [0.25, 0.3) is 10.8 Å². The number of hydrogen-bond acceptors (Lipinski definition) is 3. The number of carbonyl (C=O) groups excluding carboxylic acids is 1. The standard InChI is InChI=1S/C16H18N2O3/c1-10(2)17-9-15(19)18-14-8-12-6-4-3-5-11(12)7-13(14)16(20)21/h3-8,10,17H,9H2,1-2H3,(H,18,19)(H,20,21). The van der Waals surface area contributed by atoms with E-state index < -0.39 is 5.97 Å². The van der Waals surface area contributed by atoms with Crippen molar-refractivity contribution in [1.29, 1.82) is 0 Å². The minimum absolute atomic E-state index is 0.0894. The molecule has 0 aliphatic carbocycles. The van der Waals surface area contributed by atoms with Crippen molar-refractivity contribution in [3.05, 3.63) is 42.0 Å². The molecule has 0 unspecified atom stereocenters. The number of hydrogen-bond donors (Lipinski definition) is 3. The molecule has 2 aromatic rings. The minimum Gasteiger partial charge on any atom is -0.478 e. The monoisotopic (exact) mass is 286 g/mol. The molecule has 0 saturated carbocycles. The molecule has 0 heterocycles. The summed E-state index contributed by atoms with van der Waals surface area (Å²) in [5, 5.41) is 16.6. The van der Waals surface area contributed by atoms with Crippen molar-refractivity contribution in [2.45, 2.75) is 19.9 Å². The number of anilines is 1. The van der Waals surface area contributed by atoms with Crippen molar-refractivity contribution in [1.82, 2.24) is 5.32 Å². The number of rotatable bonds is 5. The Hall–Kier alpha value is -2.40. The van der Waals surface area contributed by atoms with Gasteiger partial charge in [-0.15, -0.1) is 0 Å². The molecule has 0 saturated heterocycles. The molecule has 0 aliphatic rings. The molecule has 0 aliphatic heterocycles. The van der Waals surface area contributed by atoms with Crippen LogP contribution in [0.15, 0.2) is 36.4 Å². The van der Waals surface area contributed by atoms with Crippen LogP contribution in [0.1, 0.15) is 24.2 Å². The van der Waals surface area contributed by atoms with Gasteiger partial charge >= 0.3 is 5.97 Å². The summed E-state index contributed by atoms with van der Waals surface area (Å²) in [4.78, 5) is 23.2. The van der Waals surface area contributed by atoms with E-state index in [-0.39, 0.29) is 24.1 Å². The van der Waals surface area contributed by atoms with Crippen molar-refractivity contribution in [2.24, 2.45) is 0 Å². The lowest BCUT2D eigenvalue weighted by Crippen LogP contribution is -2.33. The van der Waals surface area contributed by atoms with Gasteiger partial charge in [0.05, 0.1) is 17.8 Å². The Morgan fingerprint density at radius 1 is 1.14 bits per heavy atom. The van der Waals surface area contributed by atoms with E-state index in [4.69, 9.17) is 0 Å². The summed E-state index contributed by atoms with van der Waals surface area (Å²) >= 11 is 0. The van der Waals surface area contributed by atoms with Crippen LogP contribution in [-0.2, 0) is 4.79 Å². The number of carboxylic acids is 1. The third-order valence-corrected chi connectivity index (χ3v) is 3.06. The maximum atomic E-state index is 11.9. The molecule has 1 amide bonds. The summed E-state index contributed by atoms with van der Waals surface area (Å²) in [7, 11) is 0. The van der Waals surface area contributed by atoms with Gasteiger partial charge in [0.1, 0.15) is 0 Å². The molecule has 5 heteroatoms. The van der Waals surface area contributed by atoms with E-state index in [0.29, 0.717) is 5.69 Å². The fourth-order valence-electron chi connectivity index (χ4n) is 2.01. The van der Waals surface area contributed by atoms with Crippen LogP contribution in [0.4, 0.5) is 5.69 Å². The highest BCUT2D eigenvalue weighted by Crippen LogP contribution is 2.24. The van der Waals surface area contributed by atoms with Crippen LogP contribution in [0.2, 0.25) is 0 Å². The van der Waals surface area contributed by atoms with E-state index >= 15 is 0 Å². The van der Waals surface area contributed by atoms with E-state index in [1.165, 1.54) is 0 Å². The molecule has 0 aromatic heterocycles. The molecule has 2 aromatic carbocycles. The Labute approximate surface area is 123 Å². The SMILES string of the molecule is CC(C)NCC(=O)Nc1cc2ccccc2cc1C(=O)O. The first-order valence-corrected chi connectivity index (χ1v) is 6.76. The molecule has 0 bridgehead atoms. The number of nitrogens with one attached hydrogen (secondary N) is 2. The molecule has 110 valence electrons. The van der Waals surface area contributed by atoms with E-state index in [0.717, 1.165) is 10.8 Å². The topological polar surface area (TPSA) is 78.4 Å². The van der Waals surface area contributed by atoms with Crippen LogP contribution < -0.4 is 10.6 Å². The quantitative estimate of drug-likeness (QED) is 0.789. The molecular formula is C16H18N2O3. The molecule has 0 fully saturated rings. The average Bonchev–Trinajstić information content (AvgIpc) is 2.44. The molecule has 3 N–H and O–H groups in total. The lowest BCUT2D eigenvalue weighted by molar-refractivity contribution is -0.115. The molecular weight excluding hydrogens is 268 g/mol. The number of aromatic carboxylic acids is 1. The van der Waals surface area contributed by atoms with Crippen LogP contribution in [0.3, 0.4) is 0 Å². The average molecular weight is 286 g/mol. The third-order valence-electron chi connectivity index (χ3n) is 3.06. The predicted octanol–water partition coefficient (Wildman–Crippen LogP) is 2.47. The van der Waals surface area contributed by atoms with Gasteiger partial charge in [0, 0.05) is 6.04 Å². The van der Waals surface area contributed by atoms with Crippen LogP contribution in [-0.4, -0.2) is 29.6 Å². The largest absolute Gasteiger partial charge is 0.478 e. The maximum Gasteiger partial charge on any atom is 0.337 e. The first-order chi connectivity index (χ1) is 9.97. The minimum atomic E-state index is -1.06. The van der Waals surface area contributed by atoms with Crippen LogP contribution in [0.5, 0.6) is 0 Å². The summed E-state index contributed by atoms with van der Waals surface area (Å²) < 4.78 is 0. The molecule has 2 rings (SSSR count). The van der Waals surface area contributed by atoms with Crippen molar-refractivity contribution in [3.8, 4) is 0 Å². The van der Waals surface area contributed by atoms with Crippen LogP contribution >= 0.6 is 0 Å². The van der Waals surface area contributed by atoms with Gasteiger partial charge in [-0.1, -0.05) is 38.1 Å². The summed E-state index contributed by atoms with van der Waals surface area (Å²) in [6.07, 6.45) is 0. The number of carbonyl (C=O) groups is 2. The van der Waals surface area contributed by atoms with E-state index in [2.05, 4.69) is 10.6 Å². The first kappa shape index (κ1) is 15.0. The van der Waals surface area contributed by atoms with Gasteiger partial charge in [0.15, 0.2) is 0 Å². The van der Waals surface area contributed by atoms with E-state index in [1.54, 1.807) is 12.1 Å². The van der Waals surface area contributed by atoms with Crippen molar-refractivity contribution in [2.75, 3.05) is 11.9 Å². The molecule has 0 radical (unpaired) electrons. The summed E-state index contributed by atoms with van der Waals surface area (Å²) in [6, 6.07) is 10.9. The summed E-state index contributed by atoms with van der Waals surface area (Å²) in [6.45, 7) is 4.02. The van der Waals surface area contributed by atoms with Gasteiger partial charge in [-0.3, -0.25) is 4.79 Å². The second-order valence-corrected chi connectivity index (χ2v) is 5.13. The van der Waals surface area contributed by atoms with E-state index in [1.807, 2.05) is 38.1 Å². The highest BCUT2D eigenvalue weighted by molar-refractivity contribution is 6.05. The number of benzene rings is 2. The molecule has 0 atom stereocenters. The lowest BCUT2D eigenvalue weighted by Gasteiger charge is -2.12. The van der Waals surface area contributed by atoms with E-state index in [9.17, 15) is 14.7 Å². The Morgan fingerprint density at radius 2 is 1.76 bits per heavy atom. The van der Waals surface area contributed by atoms with Gasteiger partial charge in [0.2, 0.25) is 5.91 Å². The highest BCUT2D eigenvalue weighted by Gasteiger charge is 2.14. The zero-order valence-electron chi connectivity index (χ0n) is 12.0. The second-order valence-electron chi connectivity index (χ2n) is 5.13. The van der Waals surface area contributed by atoms with Crippen molar-refractivity contribution in [3.63, 3.8) is 0 Å². The third kappa shape index (κ3) is 3.79. The number of fused-ring (bicyclic) bond motifs is 1. The molecule has 5 nitrogen and oxygen atoms in total. The Balaban J connectivity index is 2.30. The second kappa shape index (κ2) is 6.37. The summed E-state index contributed by atoms with van der Waals surface area (Å²) in [5.74, 6) is -1.32. The number of amides is 1. The van der Waals surface area contributed by atoms with Gasteiger partial charge < -0.3 is 15.7 Å². The van der Waals surface area contributed by atoms with Gasteiger partial charge in [0.25, 0.3) is 0 Å². The normalized spacial score (nSPS) is 10.8. The fourth-order valence-corrected chi connectivity index (χ4v) is 2.01.